The minimum absolute atomic E-state index is 0.142. The normalized spacial score (nSPS) is 27.6. The van der Waals surface area contributed by atoms with E-state index in [1.54, 1.807) is 0 Å². The number of rotatable bonds is 1. The number of hydrogen-bond donors (Lipinski definition) is 1. The van der Waals surface area contributed by atoms with Crippen LogP contribution in [0.25, 0.3) is 0 Å². The van der Waals surface area contributed by atoms with Gasteiger partial charge in [-0.2, -0.15) is 0 Å². The third-order valence-electron chi connectivity index (χ3n) is 4.63. The molecule has 1 saturated carbocycles. The smallest absolute Gasteiger partial charge is 0.114 e. The van der Waals surface area contributed by atoms with Crippen molar-refractivity contribution in [3.8, 4) is 0 Å². The molecule has 19 heavy (non-hydrogen) atoms. The molecule has 3 nitrogen and oxygen atoms in total. The van der Waals surface area contributed by atoms with E-state index < -0.39 is 0 Å². The molecule has 2 atom stereocenters. The van der Waals surface area contributed by atoms with Crippen molar-refractivity contribution in [1.82, 2.24) is 14.9 Å². The molecule has 2 unspecified atom stereocenters. The topological polar surface area (TPSA) is 29.9 Å². The van der Waals surface area contributed by atoms with Gasteiger partial charge in [-0.15, -0.1) is 0 Å². The fourth-order valence-corrected chi connectivity index (χ4v) is 3.67. The highest BCUT2D eigenvalue weighted by atomic mass is 15.2. The SMILES string of the molecule is CC1CCC(n2c(C(C)(C)C)nc3c2CCNC3)C1. The van der Waals surface area contributed by atoms with Crippen LogP contribution in [0.4, 0.5) is 0 Å². The Balaban J connectivity index is 2.06. The maximum Gasteiger partial charge on any atom is 0.114 e. The predicted molar refractivity (Wildman–Crippen MR) is 78.4 cm³/mol. The van der Waals surface area contributed by atoms with Crippen LogP contribution in [-0.4, -0.2) is 16.1 Å². The van der Waals surface area contributed by atoms with E-state index in [0.717, 1.165) is 25.4 Å². The van der Waals surface area contributed by atoms with E-state index in [2.05, 4.69) is 37.6 Å². The molecule has 1 N–H and O–H groups in total. The highest BCUT2D eigenvalue weighted by Crippen LogP contribution is 2.39. The Morgan fingerprint density at radius 1 is 1.26 bits per heavy atom. The first-order valence-electron chi connectivity index (χ1n) is 7.78. The van der Waals surface area contributed by atoms with Gasteiger partial charge in [0.15, 0.2) is 0 Å². The number of nitrogens with zero attached hydrogens (tertiary/aromatic N) is 2. The second-order valence-electron chi connectivity index (χ2n) is 7.45. The summed E-state index contributed by atoms with van der Waals surface area (Å²) in [5.41, 5.74) is 2.96. The Kier molecular flexibility index (Phi) is 3.20. The van der Waals surface area contributed by atoms with Crippen molar-refractivity contribution in [1.29, 1.82) is 0 Å². The van der Waals surface area contributed by atoms with Crippen LogP contribution in [0.5, 0.6) is 0 Å². The Morgan fingerprint density at radius 3 is 2.68 bits per heavy atom. The van der Waals surface area contributed by atoms with E-state index >= 15 is 0 Å². The van der Waals surface area contributed by atoms with Gasteiger partial charge in [-0.25, -0.2) is 4.98 Å². The summed E-state index contributed by atoms with van der Waals surface area (Å²) in [7, 11) is 0. The molecule has 2 aliphatic rings. The molecule has 0 bridgehead atoms. The molecule has 0 aromatic carbocycles. The highest BCUT2D eigenvalue weighted by molar-refractivity contribution is 5.25. The number of nitrogens with one attached hydrogen (secondary N) is 1. The molecule has 0 saturated heterocycles. The van der Waals surface area contributed by atoms with E-state index in [1.807, 2.05) is 0 Å². The molecule has 106 valence electrons. The second kappa shape index (κ2) is 4.62. The third kappa shape index (κ3) is 2.33. The lowest BCUT2D eigenvalue weighted by Crippen LogP contribution is -2.27. The van der Waals surface area contributed by atoms with E-state index in [4.69, 9.17) is 4.98 Å². The number of fused-ring (bicyclic) bond motifs is 1. The maximum absolute atomic E-state index is 4.99. The molecule has 0 spiro atoms. The van der Waals surface area contributed by atoms with Crippen molar-refractivity contribution >= 4 is 0 Å². The number of hydrogen-bond acceptors (Lipinski definition) is 2. The van der Waals surface area contributed by atoms with Gasteiger partial charge < -0.3 is 9.88 Å². The molecule has 2 heterocycles. The molecule has 1 aromatic rings. The fraction of sp³-hybridized carbons (Fsp3) is 0.812. The Labute approximate surface area is 116 Å². The fourth-order valence-electron chi connectivity index (χ4n) is 3.67. The summed E-state index contributed by atoms with van der Waals surface area (Å²) in [6, 6.07) is 0.693. The zero-order valence-corrected chi connectivity index (χ0v) is 12.8. The number of imidazole rings is 1. The summed E-state index contributed by atoms with van der Waals surface area (Å²) >= 11 is 0. The lowest BCUT2D eigenvalue weighted by Gasteiger charge is -2.26. The Hall–Kier alpha value is -0.830. The van der Waals surface area contributed by atoms with E-state index in [-0.39, 0.29) is 5.41 Å². The first-order valence-corrected chi connectivity index (χ1v) is 7.78. The average Bonchev–Trinajstić information content (AvgIpc) is 2.91. The van der Waals surface area contributed by atoms with Crippen LogP contribution < -0.4 is 5.32 Å². The van der Waals surface area contributed by atoms with Gasteiger partial charge in [-0.3, -0.25) is 0 Å². The zero-order valence-electron chi connectivity index (χ0n) is 12.8. The second-order valence-corrected chi connectivity index (χ2v) is 7.45. The van der Waals surface area contributed by atoms with Crippen LogP contribution in [0.3, 0.4) is 0 Å². The standard InChI is InChI=1S/C16H27N3/c1-11-5-6-12(9-11)19-14-7-8-17-10-13(14)18-15(19)16(2,3)4/h11-12,17H,5-10H2,1-4H3. The summed E-state index contributed by atoms with van der Waals surface area (Å²) in [6.07, 6.45) is 5.18. The van der Waals surface area contributed by atoms with Crippen LogP contribution in [-0.2, 0) is 18.4 Å². The van der Waals surface area contributed by atoms with Crippen molar-refractivity contribution in [2.24, 2.45) is 5.92 Å². The summed E-state index contributed by atoms with van der Waals surface area (Å²) < 4.78 is 2.62. The number of aromatic nitrogens is 2. The minimum Gasteiger partial charge on any atom is -0.328 e. The summed E-state index contributed by atoms with van der Waals surface area (Å²) in [4.78, 5) is 4.99. The van der Waals surface area contributed by atoms with Crippen molar-refractivity contribution < 1.29 is 0 Å². The monoisotopic (exact) mass is 261 g/mol. The van der Waals surface area contributed by atoms with E-state index in [9.17, 15) is 0 Å². The van der Waals surface area contributed by atoms with Crippen LogP contribution >= 0.6 is 0 Å². The largest absolute Gasteiger partial charge is 0.328 e. The van der Waals surface area contributed by atoms with E-state index in [1.165, 1.54) is 36.5 Å². The minimum atomic E-state index is 0.142. The molecule has 1 aromatic heterocycles. The molecule has 3 rings (SSSR count). The van der Waals surface area contributed by atoms with Crippen LogP contribution in [0, 0.1) is 5.92 Å². The molecular weight excluding hydrogens is 234 g/mol. The van der Waals surface area contributed by atoms with E-state index in [0.29, 0.717) is 6.04 Å². The Bertz CT molecular complexity index is 467. The lowest BCUT2D eigenvalue weighted by molar-refractivity contribution is 0.415. The molecule has 0 amide bonds. The molecule has 1 aliphatic carbocycles. The van der Waals surface area contributed by atoms with Gasteiger partial charge in [0.1, 0.15) is 5.82 Å². The maximum atomic E-state index is 4.99. The quantitative estimate of drug-likeness (QED) is 0.841. The van der Waals surface area contributed by atoms with Crippen LogP contribution in [0.15, 0.2) is 0 Å². The van der Waals surface area contributed by atoms with Gasteiger partial charge in [0, 0.05) is 36.7 Å². The van der Waals surface area contributed by atoms with Gasteiger partial charge in [0.2, 0.25) is 0 Å². The van der Waals surface area contributed by atoms with Gasteiger partial charge in [-0.1, -0.05) is 27.7 Å². The van der Waals surface area contributed by atoms with Crippen LogP contribution in [0.1, 0.15) is 70.2 Å². The molecular formula is C16H27N3. The predicted octanol–water partition coefficient (Wildman–Crippen LogP) is 3.19. The molecule has 0 radical (unpaired) electrons. The lowest BCUT2D eigenvalue weighted by atomic mass is 9.95. The van der Waals surface area contributed by atoms with Crippen molar-refractivity contribution in [3.63, 3.8) is 0 Å². The van der Waals surface area contributed by atoms with Crippen molar-refractivity contribution in [3.05, 3.63) is 17.2 Å². The summed E-state index contributed by atoms with van der Waals surface area (Å²) in [5, 5.41) is 3.46. The van der Waals surface area contributed by atoms with Gasteiger partial charge >= 0.3 is 0 Å². The summed E-state index contributed by atoms with van der Waals surface area (Å²) in [5.74, 6) is 2.18. The summed E-state index contributed by atoms with van der Waals surface area (Å²) in [6.45, 7) is 11.3. The van der Waals surface area contributed by atoms with Crippen LogP contribution in [0.2, 0.25) is 0 Å². The molecule has 3 heteroatoms. The van der Waals surface area contributed by atoms with Gasteiger partial charge in [0.05, 0.1) is 5.69 Å². The average molecular weight is 261 g/mol. The van der Waals surface area contributed by atoms with Gasteiger partial charge in [-0.05, 0) is 25.2 Å². The zero-order chi connectivity index (χ0) is 13.6. The third-order valence-corrected chi connectivity index (χ3v) is 4.63. The molecule has 1 fully saturated rings. The highest BCUT2D eigenvalue weighted by Gasteiger charge is 2.33. The Morgan fingerprint density at radius 2 is 2.05 bits per heavy atom. The first-order chi connectivity index (χ1) is 8.97. The van der Waals surface area contributed by atoms with Crippen molar-refractivity contribution in [2.45, 2.75) is 71.4 Å². The van der Waals surface area contributed by atoms with Crippen molar-refractivity contribution in [2.75, 3.05) is 6.54 Å². The first kappa shape index (κ1) is 13.2. The van der Waals surface area contributed by atoms with Gasteiger partial charge in [0.25, 0.3) is 0 Å². The molecule has 1 aliphatic heterocycles.